The van der Waals surface area contributed by atoms with Crippen LogP contribution in [-0.2, 0) is 0 Å². The smallest absolute Gasteiger partial charge is 0.123 e. The molecule has 0 aliphatic heterocycles. The van der Waals surface area contributed by atoms with Gasteiger partial charge in [0.2, 0.25) is 0 Å². The predicted molar refractivity (Wildman–Crippen MR) is 84.6 cm³/mol. The van der Waals surface area contributed by atoms with Gasteiger partial charge in [0.15, 0.2) is 0 Å². The fraction of sp³-hybridized carbons (Fsp3) is 0.667. The zero-order valence-corrected chi connectivity index (χ0v) is 13.3. The summed E-state index contributed by atoms with van der Waals surface area (Å²) in [6.07, 6.45) is 6.59. The minimum absolute atomic E-state index is 0.280. The highest BCUT2D eigenvalue weighted by Crippen LogP contribution is 2.29. The van der Waals surface area contributed by atoms with E-state index in [2.05, 4.69) is 18.9 Å². The van der Waals surface area contributed by atoms with Crippen LogP contribution < -0.4 is 0 Å². The third kappa shape index (κ3) is 4.79. The molecule has 1 aliphatic rings. The molecule has 0 saturated heterocycles. The van der Waals surface area contributed by atoms with E-state index in [9.17, 15) is 9.50 Å². The van der Waals surface area contributed by atoms with Crippen LogP contribution in [0.1, 0.15) is 57.1 Å². The van der Waals surface area contributed by atoms with E-state index < -0.39 is 6.10 Å². The zero-order chi connectivity index (χ0) is 15.2. The third-order valence-corrected chi connectivity index (χ3v) is 5.01. The Morgan fingerprint density at radius 2 is 2.00 bits per heavy atom. The molecule has 1 fully saturated rings. The Morgan fingerprint density at radius 3 is 2.62 bits per heavy atom. The molecule has 1 aliphatic carbocycles. The first-order chi connectivity index (χ1) is 10.1. The molecular weight excluding hydrogens is 265 g/mol. The summed E-state index contributed by atoms with van der Waals surface area (Å²) in [6.45, 7) is 3.14. The Morgan fingerprint density at radius 1 is 1.29 bits per heavy atom. The number of hydrogen-bond acceptors (Lipinski definition) is 2. The molecule has 0 spiro atoms. The van der Waals surface area contributed by atoms with Gasteiger partial charge < -0.3 is 10.0 Å². The molecule has 0 heterocycles. The van der Waals surface area contributed by atoms with Crippen molar-refractivity contribution in [3.05, 3.63) is 35.6 Å². The fourth-order valence-corrected chi connectivity index (χ4v) is 3.38. The highest BCUT2D eigenvalue weighted by atomic mass is 19.1. The summed E-state index contributed by atoms with van der Waals surface area (Å²) in [7, 11) is 2.15. The molecule has 2 rings (SSSR count). The molecule has 1 atom stereocenters. The van der Waals surface area contributed by atoms with Crippen LogP contribution in [0.3, 0.4) is 0 Å². The van der Waals surface area contributed by atoms with Crippen LogP contribution in [-0.4, -0.2) is 29.6 Å². The molecule has 118 valence electrons. The Labute approximate surface area is 128 Å². The van der Waals surface area contributed by atoms with E-state index in [1.807, 2.05) is 0 Å². The van der Waals surface area contributed by atoms with Gasteiger partial charge in [-0.15, -0.1) is 0 Å². The number of benzene rings is 1. The van der Waals surface area contributed by atoms with Crippen LogP contribution in [0, 0.1) is 11.7 Å². The monoisotopic (exact) mass is 293 g/mol. The standard InChI is InChI=1S/C18H28FNO/c1-3-14-7-9-17(10-8-14)20(2)12-11-18(21)15-5-4-6-16(19)13-15/h4-6,13-14,17-18,21H,3,7-12H2,1-2H3. The second-order valence-corrected chi connectivity index (χ2v) is 6.42. The molecule has 3 heteroatoms. The highest BCUT2D eigenvalue weighted by Gasteiger charge is 2.23. The number of hydrogen-bond donors (Lipinski definition) is 1. The zero-order valence-electron chi connectivity index (χ0n) is 13.3. The maximum absolute atomic E-state index is 13.2. The van der Waals surface area contributed by atoms with Crippen molar-refractivity contribution in [1.82, 2.24) is 4.90 Å². The molecule has 1 saturated carbocycles. The highest BCUT2D eigenvalue weighted by molar-refractivity contribution is 5.18. The van der Waals surface area contributed by atoms with Crippen molar-refractivity contribution in [2.24, 2.45) is 5.92 Å². The summed E-state index contributed by atoms with van der Waals surface area (Å²) >= 11 is 0. The van der Waals surface area contributed by atoms with E-state index in [1.165, 1.54) is 44.2 Å². The number of aliphatic hydroxyl groups is 1. The van der Waals surface area contributed by atoms with Gasteiger partial charge in [0.05, 0.1) is 6.10 Å². The summed E-state index contributed by atoms with van der Waals surface area (Å²) in [5.41, 5.74) is 0.679. The number of halogens is 1. The van der Waals surface area contributed by atoms with Crippen molar-refractivity contribution in [3.63, 3.8) is 0 Å². The quantitative estimate of drug-likeness (QED) is 0.851. The van der Waals surface area contributed by atoms with E-state index in [4.69, 9.17) is 0 Å². The molecule has 1 aromatic carbocycles. The van der Waals surface area contributed by atoms with Crippen molar-refractivity contribution in [2.45, 2.75) is 57.6 Å². The Bertz CT molecular complexity index is 429. The van der Waals surface area contributed by atoms with E-state index >= 15 is 0 Å². The van der Waals surface area contributed by atoms with Gasteiger partial charge in [0.25, 0.3) is 0 Å². The largest absolute Gasteiger partial charge is 0.388 e. The first kappa shape index (κ1) is 16.4. The summed E-state index contributed by atoms with van der Waals surface area (Å²) in [5.74, 6) is 0.630. The van der Waals surface area contributed by atoms with Crippen molar-refractivity contribution in [1.29, 1.82) is 0 Å². The molecule has 1 unspecified atom stereocenters. The summed E-state index contributed by atoms with van der Waals surface area (Å²) in [4.78, 5) is 2.37. The summed E-state index contributed by atoms with van der Waals surface area (Å²) in [6, 6.07) is 6.93. The lowest BCUT2D eigenvalue weighted by Gasteiger charge is -2.34. The topological polar surface area (TPSA) is 23.5 Å². The SMILES string of the molecule is CCC1CCC(N(C)CCC(O)c2cccc(F)c2)CC1. The average Bonchev–Trinajstić information content (AvgIpc) is 2.52. The molecule has 0 amide bonds. The number of rotatable bonds is 6. The maximum atomic E-state index is 13.2. The minimum Gasteiger partial charge on any atom is -0.388 e. The average molecular weight is 293 g/mol. The van der Waals surface area contributed by atoms with Gasteiger partial charge in [-0.1, -0.05) is 25.5 Å². The Hall–Kier alpha value is -0.930. The molecule has 21 heavy (non-hydrogen) atoms. The van der Waals surface area contributed by atoms with Crippen LogP contribution >= 0.6 is 0 Å². The van der Waals surface area contributed by atoms with E-state index in [1.54, 1.807) is 12.1 Å². The van der Waals surface area contributed by atoms with Crippen molar-refractivity contribution < 1.29 is 9.50 Å². The van der Waals surface area contributed by atoms with Gasteiger partial charge in [0, 0.05) is 12.6 Å². The molecule has 0 bridgehead atoms. The fourth-order valence-electron chi connectivity index (χ4n) is 3.38. The van der Waals surface area contributed by atoms with Gasteiger partial charge in [0.1, 0.15) is 5.82 Å². The van der Waals surface area contributed by atoms with Crippen LogP contribution in [0.2, 0.25) is 0 Å². The molecular formula is C18H28FNO. The Balaban J connectivity index is 1.77. The third-order valence-electron chi connectivity index (χ3n) is 5.01. The lowest BCUT2D eigenvalue weighted by Crippen LogP contribution is -2.36. The molecule has 2 nitrogen and oxygen atoms in total. The molecule has 0 aromatic heterocycles. The minimum atomic E-state index is -0.574. The van der Waals surface area contributed by atoms with Gasteiger partial charge in [-0.05, 0) is 62.8 Å². The predicted octanol–water partition coefficient (Wildman–Crippen LogP) is 4.15. The van der Waals surface area contributed by atoms with Crippen LogP contribution in [0.4, 0.5) is 4.39 Å². The van der Waals surface area contributed by atoms with Crippen LogP contribution in [0.15, 0.2) is 24.3 Å². The van der Waals surface area contributed by atoms with Crippen molar-refractivity contribution >= 4 is 0 Å². The molecule has 1 N–H and O–H groups in total. The van der Waals surface area contributed by atoms with Crippen LogP contribution in [0.5, 0.6) is 0 Å². The molecule has 1 aromatic rings. The van der Waals surface area contributed by atoms with E-state index in [0.717, 1.165) is 12.5 Å². The van der Waals surface area contributed by atoms with E-state index in [0.29, 0.717) is 18.0 Å². The van der Waals surface area contributed by atoms with E-state index in [-0.39, 0.29) is 5.82 Å². The summed E-state index contributed by atoms with van der Waals surface area (Å²) in [5, 5.41) is 10.2. The lowest BCUT2D eigenvalue weighted by atomic mass is 9.84. The normalized spacial score (nSPS) is 24.2. The molecule has 0 radical (unpaired) electrons. The Kier molecular flexibility index (Phi) is 6.19. The lowest BCUT2D eigenvalue weighted by molar-refractivity contribution is 0.116. The maximum Gasteiger partial charge on any atom is 0.123 e. The first-order valence-corrected chi connectivity index (χ1v) is 8.24. The summed E-state index contributed by atoms with van der Waals surface area (Å²) < 4.78 is 13.2. The van der Waals surface area contributed by atoms with Crippen molar-refractivity contribution in [2.75, 3.05) is 13.6 Å². The second-order valence-electron chi connectivity index (χ2n) is 6.42. The van der Waals surface area contributed by atoms with Crippen LogP contribution in [0.25, 0.3) is 0 Å². The van der Waals surface area contributed by atoms with Crippen molar-refractivity contribution in [3.8, 4) is 0 Å². The van der Waals surface area contributed by atoms with Gasteiger partial charge in [-0.25, -0.2) is 4.39 Å². The number of nitrogens with zero attached hydrogens (tertiary/aromatic N) is 1. The number of aliphatic hydroxyl groups excluding tert-OH is 1. The van der Waals surface area contributed by atoms with Gasteiger partial charge in [-0.2, -0.15) is 0 Å². The first-order valence-electron chi connectivity index (χ1n) is 8.24. The second kappa shape index (κ2) is 7.90. The van der Waals surface area contributed by atoms with Gasteiger partial charge >= 0.3 is 0 Å². The van der Waals surface area contributed by atoms with Gasteiger partial charge in [-0.3, -0.25) is 0 Å².